The Bertz CT molecular complexity index is 317. The Morgan fingerprint density at radius 2 is 2.07 bits per heavy atom. The lowest BCUT2D eigenvalue weighted by Crippen LogP contribution is -2.22. The molecule has 1 N–H and O–H groups in total. The fraction of sp³-hybridized carbons (Fsp3) is 0.455. The average Bonchev–Trinajstić information content (AvgIpc) is 2.23. The maximum Gasteiger partial charge on any atom is 0.159 e. The van der Waals surface area contributed by atoms with Gasteiger partial charge in [0.15, 0.2) is 11.6 Å². The Morgan fingerprint density at radius 1 is 1.33 bits per heavy atom. The quantitative estimate of drug-likeness (QED) is 0.836. The Labute approximate surface area is 93.3 Å². The first kappa shape index (κ1) is 12.5. The van der Waals surface area contributed by atoms with Crippen LogP contribution in [0.5, 0.6) is 0 Å². The molecule has 1 unspecified atom stereocenters. The Balaban J connectivity index is 2.41. The van der Waals surface area contributed by atoms with Crippen molar-refractivity contribution in [3.05, 3.63) is 35.4 Å². The topological polar surface area (TPSA) is 12.0 Å². The number of hydrogen-bond acceptors (Lipinski definition) is 2. The molecule has 0 saturated heterocycles. The van der Waals surface area contributed by atoms with Crippen LogP contribution in [0.2, 0.25) is 0 Å². The third-order valence-electron chi connectivity index (χ3n) is 2.15. The molecule has 15 heavy (non-hydrogen) atoms. The van der Waals surface area contributed by atoms with Crippen molar-refractivity contribution >= 4 is 11.8 Å². The summed E-state index contributed by atoms with van der Waals surface area (Å²) in [4.78, 5) is 0. The zero-order valence-corrected chi connectivity index (χ0v) is 9.70. The summed E-state index contributed by atoms with van der Waals surface area (Å²) >= 11 is 1.77. The zero-order valence-electron chi connectivity index (χ0n) is 8.89. The van der Waals surface area contributed by atoms with Crippen molar-refractivity contribution < 1.29 is 8.78 Å². The lowest BCUT2D eigenvalue weighted by Gasteiger charge is -2.09. The van der Waals surface area contributed by atoms with Gasteiger partial charge in [-0.1, -0.05) is 13.0 Å². The van der Waals surface area contributed by atoms with Gasteiger partial charge in [0.1, 0.15) is 0 Å². The van der Waals surface area contributed by atoms with Gasteiger partial charge in [0.05, 0.1) is 0 Å². The molecule has 0 spiro atoms. The van der Waals surface area contributed by atoms with Crippen molar-refractivity contribution in [3.63, 3.8) is 0 Å². The van der Waals surface area contributed by atoms with Gasteiger partial charge >= 0.3 is 0 Å². The second-order valence-electron chi connectivity index (χ2n) is 3.43. The minimum absolute atomic E-state index is 0.523. The van der Waals surface area contributed by atoms with Gasteiger partial charge in [0.25, 0.3) is 0 Å². The third-order valence-corrected chi connectivity index (χ3v) is 3.12. The fourth-order valence-corrected chi connectivity index (χ4v) is 1.44. The summed E-state index contributed by atoms with van der Waals surface area (Å²) < 4.78 is 25.4. The van der Waals surface area contributed by atoms with E-state index in [0.717, 1.165) is 18.2 Å². The van der Waals surface area contributed by atoms with E-state index in [1.54, 1.807) is 17.8 Å². The van der Waals surface area contributed by atoms with Gasteiger partial charge in [-0.2, -0.15) is 11.8 Å². The lowest BCUT2D eigenvalue weighted by molar-refractivity contribution is 0.506. The summed E-state index contributed by atoms with van der Waals surface area (Å²) in [6.07, 6.45) is 2.05. The highest BCUT2D eigenvalue weighted by molar-refractivity contribution is 7.99. The maximum atomic E-state index is 12.8. The smallest absolute Gasteiger partial charge is 0.159 e. The molecule has 1 rings (SSSR count). The van der Waals surface area contributed by atoms with Gasteiger partial charge in [0, 0.05) is 18.3 Å². The second kappa shape index (κ2) is 6.08. The highest BCUT2D eigenvalue weighted by Gasteiger charge is 2.03. The minimum atomic E-state index is -0.795. The van der Waals surface area contributed by atoms with Crippen LogP contribution in [-0.2, 0) is 6.54 Å². The molecule has 84 valence electrons. The molecule has 0 amide bonds. The molecule has 1 atom stereocenters. The van der Waals surface area contributed by atoms with Gasteiger partial charge in [-0.15, -0.1) is 0 Å². The van der Waals surface area contributed by atoms with Crippen LogP contribution in [0, 0.1) is 11.6 Å². The molecule has 0 fully saturated rings. The van der Waals surface area contributed by atoms with E-state index in [-0.39, 0.29) is 0 Å². The first-order valence-corrected chi connectivity index (χ1v) is 6.09. The molecule has 0 aliphatic rings. The second-order valence-corrected chi connectivity index (χ2v) is 4.70. The van der Waals surface area contributed by atoms with Gasteiger partial charge < -0.3 is 5.32 Å². The molecule has 0 aliphatic heterocycles. The summed E-state index contributed by atoms with van der Waals surface area (Å²) in [5.41, 5.74) is 0.766. The summed E-state index contributed by atoms with van der Waals surface area (Å²) in [5.74, 6) is -1.58. The van der Waals surface area contributed by atoms with Crippen molar-refractivity contribution in [1.29, 1.82) is 0 Å². The largest absolute Gasteiger partial charge is 0.312 e. The van der Waals surface area contributed by atoms with Crippen molar-refractivity contribution in [3.8, 4) is 0 Å². The fourth-order valence-electron chi connectivity index (χ4n) is 1.15. The third kappa shape index (κ3) is 4.18. The monoisotopic (exact) mass is 231 g/mol. The van der Waals surface area contributed by atoms with Gasteiger partial charge in [-0.05, 0) is 24.0 Å². The zero-order chi connectivity index (χ0) is 11.3. The first-order valence-electron chi connectivity index (χ1n) is 4.81. The minimum Gasteiger partial charge on any atom is -0.312 e. The molecule has 4 heteroatoms. The number of hydrogen-bond donors (Lipinski definition) is 1. The molecule has 1 aromatic carbocycles. The number of halogens is 2. The number of rotatable bonds is 5. The van der Waals surface area contributed by atoms with E-state index >= 15 is 0 Å². The molecule has 0 aliphatic carbocycles. The standard InChI is InChI=1S/C11H15F2NS/c1-8(15-2)6-14-7-9-3-4-10(12)11(13)5-9/h3-5,8,14H,6-7H2,1-2H3. The van der Waals surface area contributed by atoms with E-state index in [2.05, 4.69) is 12.2 Å². The van der Waals surface area contributed by atoms with Crippen LogP contribution in [0.15, 0.2) is 18.2 Å². The number of thioether (sulfide) groups is 1. The normalized spacial score (nSPS) is 12.8. The molecular weight excluding hydrogens is 216 g/mol. The van der Waals surface area contributed by atoms with E-state index in [1.165, 1.54) is 6.07 Å². The van der Waals surface area contributed by atoms with E-state index in [1.807, 2.05) is 6.26 Å². The van der Waals surface area contributed by atoms with Crippen LogP contribution in [0.4, 0.5) is 8.78 Å². The average molecular weight is 231 g/mol. The van der Waals surface area contributed by atoms with Crippen molar-refractivity contribution in [2.75, 3.05) is 12.8 Å². The summed E-state index contributed by atoms with van der Waals surface area (Å²) in [6.45, 7) is 3.55. The summed E-state index contributed by atoms with van der Waals surface area (Å²) in [5, 5.41) is 3.71. The Morgan fingerprint density at radius 3 is 2.67 bits per heavy atom. The van der Waals surface area contributed by atoms with Crippen molar-refractivity contribution in [1.82, 2.24) is 5.32 Å². The SMILES string of the molecule is CSC(C)CNCc1ccc(F)c(F)c1. The molecule has 0 bridgehead atoms. The van der Waals surface area contributed by atoms with Crippen LogP contribution < -0.4 is 5.32 Å². The molecule has 0 saturated carbocycles. The molecule has 0 radical (unpaired) electrons. The Hall–Kier alpha value is -0.610. The maximum absolute atomic E-state index is 12.8. The molecular formula is C11H15F2NS. The molecule has 1 nitrogen and oxygen atoms in total. The Kier molecular flexibility index (Phi) is 5.05. The van der Waals surface area contributed by atoms with Gasteiger partial charge in [0.2, 0.25) is 0 Å². The predicted molar refractivity (Wildman–Crippen MR) is 61.0 cm³/mol. The van der Waals surface area contributed by atoms with E-state index < -0.39 is 11.6 Å². The van der Waals surface area contributed by atoms with Crippen LogP contribution in [0.25, 0.3) is 0 Å². The van der Waals surface area contributed by atoms with E-state index in [4.69, 9.17) is 0 Å². The highest BCUT2D eigenvalue weighted by Crippen LogP contribution is 2.09. The molecule has 0 heterocycles. The van der Waals surface area contributed by atoms with Crippen LogP contribution in [-0.4, -0.2) is 18.1 Å². The summed E-state index contributed by atoms with van der Waals surface area (Å²) in [7, 11) is 0. The van der Waals surface area contributed by atoms with Gasteiger partial charge in [-0.3, -0.25) is 0 Å². The molecule has 0 aromatic heterocycles. The highest BCUT2D eigenvalue weighted by atomic mass is 32.2. The van der Waals surface area contributed by atoms with Crippen LogP contribution in [0.3, 0.4) is 0 Å². The van der Waals surface area contributed by atoms with Crippen LogP contribution >= 0.6 is 11.8 Å². The number of benzene rings is 1. The van der Waals surface area contributed by atoms with E-state index in [0.29, 0.717) is 11.8 Å². The summed E-state index contributed by atoms with van der Waals surface area (Å²) in [6, 6.07) is 3.98. The van der Waals surface area contributed by atoms with Crippen LogP contribution in [0.1, 0.15) is 12.5 Å². The van der Waals surface area contributed by atoms with Crippen molar-refractivity contribution in [2.24, 2.45) is 0 Å². The van der Waals surface area contributed by atoms with E-state index in [9.17, 15) is 8.78 Å². The first-order chi connectivity index (χ1) is 7.13. The number of nitrogens with one attached hydrogen (secondary N) is 1. The lowest BCUT2D eigenvalue weighted by atomic mass is 10.2. The molecule has 1 aromatic rings. The predicted octanol–water partition coefficient (Wildman–Crippen LogP) is 2.81. The van der Waals surface area contributed by atoms with Crippen molar-refractivity contribution in [2.45, 2.75) is 18.7 Å². The van der Waals surface area contributed by atoms with Gasteiger partial charge in [-0.25, -0.2) is 8.78 Å².